The Morgan fingerprint density at radius 2 is 1.61 bits per heavy atom. The molecule has 0 spiro atoms. The Hall–Kier alpha value is -2.62. The van der Waals surface area contributed by atoms with Gasteiger partial charge in [-0.1, -0.05) is 35.5 Å². The van der Waals surface area contributed by atoms with Crippen molar-refractivity contribution in [1.29, 1.82) is 0 Å². The maximum atomic E-state index is 9.24. The molecule has 0 aliphatic carbocycles. The molecule has 18 heavy (non-hydrogen) atoms. The summed E-state index contributed by atoms with van der Waals surface area (Å²) in [5, 5.41) is 17.5. The standard InChI is InChI=1S/C14H11N3O/c18-13-8-6-12(7-9-13)17-10-14(15-16-17)11-4-2-1-3-5-11/h1-10,18H. The van der Waals surface area contributed by atoms with E-state index in [1.807, 2.05) is 36.5 Å². The first-order valence-electron chi connectivity index (χ1n) is 5.60. The van der Waals surface area contributed by atoms with E-state index in [9.17, 15) is 5.11 Å². The molecular weight excluding hydrogens is 226 g/mol. The summed E-state index contributed by atoms with van der Waals surface area (Å²) < 4.78 is 1.68. The van der Waals surface area contributed by atoms with Gasteiger partial charge in [0, 0.05) is 5.56 Å². The minimum atomic E-state index is 0.238. The summed E-state index contributed by atoms with van der Waals surface area (Å²) in [6, 6.07) is 16.7. The van der Waals surface area contributed by atoms with Gasteiger partial charge < -0.3 is 5.11 Å². The summed E-state index contributed by atoms with van der Waals surface area (Å²) in [5.41, 5.74) is 2.72. The number of benzene rings is 2. The third-order valence-electron chi connectivity index (χ3n) is 2.68. The molecule has 3 aromatic rings. The molecule has 0 radical (unpaired) electrons. The minimum Gasteiger partial charge on any atom is -0.508 e. The van der Waals surface area contributed by atoms with Crippen molar-refractivity contribution in [1.82, 2.24) is 15.0 Å². The molecule has 4 heteroatoms. The normalized spacial score (nSPS) is 10.4. The molecule has 0 aliphatic rings. The molecule has 0 saturated heterocycles. The molecule has 0 aliphatic heterocycles. The topological polar surface area (TPSA) is 50.9 Å². The highest BCUT2D eigenvalue weighted by Gasteiger charge is 2.04. The summed E-state index contributed by atoms with van der Waals surface area (Å²) in [4.78, 5) is 0. The van der Waals surface area contributed by atoms with Crippen LogP contribution in [0.15, 0.2) is 60.8 Å². The molecular formula is C14H11N3O. The maximum Gasteiger partial charge on any atom is 0.115 e. The molecule has 4 nitrogen and oxygen atoms in total. The molecule has 1 heterocycles. The molecule has 0 fully saturated rings. The highest BCUT2D eigenvalue weighted by atomic mass is 16.3. The fourth-order valence-corrected chi connectivity index (χ4v) is 1.74. The second-order valence-electron chi connectivity index (χ2n) is 3.93. The molecule has 0 saturated carbocycles. The van der Waals surface area contributed by atoms with Gasteiger partial charge >= 0.3 is 0 Å². The Kier molecular flexibility index (Phi) is 2.53. The van der Waals surface area contributed by atoms with E-state index in [2.05, 4.69) is 10.3 Å². The van der Waals surface area contributed by atoms with E-state index in [1.54, 1.807) is 28.9 Å². The Balaban J connectivity index is 1.97. The van der Waals surface area contributed by atoms with Gasteiger partial charge in [0.15, 0.2) is 0 Å². The summed E-state index contributed by atoms with van der Waals surface area (Å²) in [5.74, 6) is 0.238. The van der Waals surface area contributed by atoms with Gasteiger partial charge in [-0.25, -0.2) is 4.68 Å². The number of phenolic OH excluding ortho intramolecular Hbond substituents is 1. The first kappa shape index (κ1) is 10.5. The lowest BCUT2D eigenvalue weighted by Gasteiger charge is -1.99. The summed E-state index contributed by atoms with van der Waals surface area (Å²) >= 11 is 0. The molecule has 0 atom stereocenters. The van der Waals surface area contributed by atoms with Crippen molar-refractivity contribution < 1.29 is 5.11 Å². The predicted octanol–water partition coefficient (Wildman–Crippen LogP) is 2.64. The van der Waals surface area contributed by atoms with Gasteiger partial charge in [-0.05, 0) is 24.3 Å². The lowest BCUT2D eigenvalue weighted by molar-refractivity contribution is 0.475. The zero-order valence-corrected chi connectivity index (χ0v) is 9.56. The van der Waals surface area contributed by atoms with Crippen LogP contribution in [-0.2, 0) is 0 Å². The van der Waals surface area contributed by atoms with Gasteiger partial charge in [0.1, 0.15) is 11.4 Å². The van der Waals surface area contributed by atoms with Crippen LogP contribution in [-0.4, -0.2) is 20.1 Å². The highest BCUT2D eigenvalue weighted by Crippen LogP contribution is 2.18. The van der Waals surface area contributed by atoms with Crippen molar-refractivity contribution in [3.63, 3.8) is 0 Å². The number of aromatic hydroxyl groups is 1. The molecule has 0 bridgehead atoms. The lowest BCUT2D eigenvalue weighted by atomic mass is 10.2. The second-order valence-corrected chi connectivity index (χ2v) is 3.93. The zero-order valence-electron chi connectivity index (χ0n) is 9.56. The number of rotatable bonds is 2. The summed E-state index contributed by atoms with van der Waals surface area (Å²) in [6.07, 6.45) is 1.86. The third-order valence-corrected chi connectivity index (χ3v) is 2.68. The first-order valence-corrected chi connectivity index (χ1v) is 5.60. The number of phenols is 1. The zero-order chi connectivity index (χ0) is 12.4. The van der Waals surface area contributed by atoms with Crippen molar-refractivity contribution in [2.24, 2.45) is 0 Å². The van der Waals surface area contributed by atoms with Crippen LogP contribution in [0.4, 0.5) is 0 Å². The lowest BCUT2D eigenvalue weighted by Crippen LogP contribution is -1.93. The van der Waals surface area contributed by atoms with Crippen LogP contribution in [0, 0.1) is 0 Å². The fraction of sp³-hybridized carbons (Fsp3) is 0. The first-order chi connectivity index (χ1) is 8.83. The van der Waals surface area contributed by atoms with E-state index in [1.165, 1.54) is 0 Å². The van der Waals surface area contributed by atoms with Crippen molar-refractivity contribution in [2.45, 2.75) is 0 Å². The average molecular weight is 237 g/mol. The number of aromatic nitrogens is 3. The third kappa shape index (κ3) is 1.96. The SMILES string of the molecule is Oc1ccc(-n2cc(-c3ccccc3)nn2)cc1. The predicted molar refractivity (Wildman–Crippen MR) is 68.5 cm³/mol. The van der Waals surface area contributed by atoms with E-state index >= 15 is 0 Å². The second kappa shape index (κ2) is 4.33. The molecule has 1 aromatic heterocycles. The van der Waals surface area contributed by atoms with E-state index in [-0.39, 0.29) is 5.75 Å². The fourth-order valence-electron chi connectivity index (χ4n) is 1.74. The van der Waals surface area contributed by atoms with Crippen molar-refractivity contribution in [3.05, 3.63) is 60.8 Å². The highest BCUT2D eigenvalue weighted by molar-refractivity contribution is 5.57. The van der Waals surface area contributed by atoms with Gasteiger partial charge in [-0.3, -0.25) is 0 Å². The van der Waals surface area contributed by atoms with Gasteiger partial charge in [-0.15, -0.1) is 5.10 Å². The summed E-state index contributed by atoms with van der Waals surface area (Å²) in [7, 11) is 0. The monoisotopic (exact) mass is 237 g/mol. The quantitative estimate of drug-likeness (QED) is 0.745. The minimum absolute atomic E-state index is 0.238. The number of hydrogen-bond acceptors (Lipinski definition) is 3. The smallest absolute Gasteiger partial charge is 0.115 e. The van der Waals surface area contributed by atoms with E-state index in [0.717, 1.165) is 16.9 Å². The number of hydrogen-bond donors (Lipinski definition) is 1. The Bertz CT molecular complexity index is 644. The van der Waals surface area contributed by atoms with Crippen molar-refractivity contribution in [2.75, 3.05) is 0 Å². The largest absolute Gasteiger partial charge is 0.508 e. The van der Waals surface area contributed by atoms with Crippen LogP contribution < -0.4 is 0 Å². The number of nitrogens with zero attached hydrogens (tertiary/aromatic N) is 3. The Labute approximate surface area is 104 Å². The van der Waals surface area contributed by atoms with Crippen LogP contribution in [0.1, 0.15) is 0 Å². The van der Waals surface area contributed by atoms with Crippen LogP contribution in [0.2, 0.25) is 0 Å². The molecule has 88 valence electrons. The average Bonchev–Trinajstić information content (AvgIpc) is 2.90. The molecule has 2 aromatic carbocycles. The van der Waals surface area contributed by atoms with Crippen LogP contribution in [0.25, 0.3) is 16.9 Å². The van der Waals surface area contributed by atoms with E-state index < -0.39 is 0 Å². The van der Waals surface area contributed by atoms with Crippen LogP contribution in [0.3, 0.4) is 0 Å². The van der Waals surface area contributed by atoms with Crippen LogP contribution >= 0.6 is 0 Å². The van der Waals surface area contributed by atoms with Gasteiger partial charge in [0.05, 0.1) is 11.9 Å². The molecule has 0 amide bonds. The Morgan fingerprint density at radius 1 is 0.889 bits per heavy atom. The van der Waals surface area contributed by atoms with Gasteiger partial charge in [0.25, 0.3) is 0 Å². The van der Waals surface area contributed by atoms with E-state index in [0.29, 0.717) is 0 Å². The summed E-state index contributed by atoms with van der Waals surface area (Å²) in [6.45, 7) is 0. The maximum absolute atomic E-state index is 9.24. The van der Waals surface area contributed by atoms with Gasteiger partial charge in [0.2, 0.25) is 0 Å². The van der Waals surface area contributed by atoms with E-state index in [4.69, 9.17) is 0 Å². The van der Waals surface area contributed by atoms with Crippen molar-refractivity contribution >= 4 is 0 Å². The molecule has 1 N–H and O–H groups in total. The van der Waals surface area contributed by atoms with Crippen LogP contribution in [0.5, 0.6) is 5.75 Å². The van der Waals surface area contributed by atoms with Gasteiger partial charge in [-0.2, -0.15) is 0 Å². The Morgan fingerprint density at radius 3 is 2.33 bits per heavy atom. The molecule has 3 rings (SSSR count). The molecule has 0 unspecified atom stereocenters. The van der Waals surface area contributed by atoms with Crippen molar-refractivity contribution in [3.8, 4) is 22.7 Å².